The van der Waals surface area contributed by atoms with Crippen LogP contribution in [0, 0.1) is 25.2 Å². The molecule has 0 unspecified atom stereocenters. The molecule has 0 heterocycles. The molecule has 2 heteroatoms. The summed E-state index contributed by atoms with van der Waals surface area (Å²) in [5, 5.41) is 17.8. The summed E-state index contributed by atoms with van der Waals surface area (Å²) in [5.74, 6) is 0.222. The van der Waals surface area contributed by atoms with E-state index in [-0.39, 0.29) is 12.2 Å². The van der Waals surface area contributed by atoms with Crippen molar-refractivity contribution >= 4 is 0 Å². The van der Waals surface area contributed by atoms with Crippen molar-refractivity contribution < 1.29 is 5.11 Å². The molecule has 0 fully saturated rings. The molecule has 0 aromatic heterocycles. The maximum Gasteiger partial charge on any atom is 0.120 e. The first-order chi connectivity index (χ1) is 5.65. The number of nitriles is 1. The smallest absolute Gasteiger partial charge is 0.120 e. The van der Waals surface area contributed by atoms with Crippen LogP contribution in [0.4, 0.5) is 0 Å². The van der Waals surface area contributed by atoms with Gasteiger partial charge in [-0.3, -0.25) is 0 Å². The predicted molar refractivity (Wildman–Crippen MR) is 46.9 cm³/mol. The fourth-order valence-electron chi connectivity index (χ4n) is 1.09. The summed E-state index contributed by atoms with van der Waals surface area (Å²) in [6, 6.07) is 5.56. The van der Waals surface area contributed by atoms with E-state index in [0.717, 1.165) is 11.1 Å². The quantitative estimate of drug-likeness (QED) is 0.685. The zero-order valence-electron chi connectivity index (χ0n) is 7.26. The summed E-state index contributed by atoms with van der Waals surface area (Å²) in [6.07, 6.45) is 0.271. The van der Waals surface area contributed by atoms with E-state index in [2.05, 4.69) is 0 Å². The molecule has 1 rings (SSSR count). The van der Waals surface area contributed by atoms with Gasteiger partial charge in [0, 0.05) is 5.56 Å². The third-order valence-electron chi connectivity index (χ3n) is 1.96. The predicted octanol–water partition coefficient (Wildman–Crippen LogP) is 2.08. The Balaban J connectivity index is 3.16. The van der Waals surface area contributed by atoms with Crippen LogP contribution >= 0.6 is 0 Å². The maximum atomic E-state index is 9.40. The minimum Gasteiger partial charge on any atom is -0.508 e. The monoisotopic (exact) mass is 161 g/mol. The fraction of sp³-hybridized carbons (Fsp3) is 0.300. The Morgan fingerprint density at radius 2 is 1.92 bits per heavy atom. The molecule has 0 amide bonds. The van der Waals surface area contributed by atoms with E-state index in [4.69, 9.17) is 5.26 Å². The van der Waals surface area contributed by atoms with Crippen molar-refractivity contribution in [2.75, 3.05) is 0 Å². The molecule has 0 saturated heterocycles. The number of benzene rings is 1. The standard InChI is InChI=1S/C10H11NO/c1-7-5-9(3-4-11)10(12)6-8(7)2/h5-6,12H,3H2,1-2H3. The number of nitrogens with zero attached hydrogens (tertiary/aromatic N) is 1. The van der Waals surface area contributed by atoms with Crippen LogP contribution in [-0.2, 0) is 6.42 Å². The van der Waals surface area contributed by atoms with Crippen LogP contribution in [0.5, 0.6) is 5.75 Å². The van der Waals surface area contributed by atoms with Crippen molar-refractivity contribution in [3.8, 4) is 11.8 Å². The van der Waals surface area contributed by atoms with Gasteiger partial charge in [0.25, 0.3) is 0 Å². The van der Waals surface area contributed by atoms with Gasteiger partial charge in [-0.2, -0.15) is 5.26 Å². The molecule has 62 valence electrons. The number of rotatable bonds is 1. The van der Waals surface area contributed by atoms with Crippen molar-refractivity contribution in [3.05, 3.63) is 28.8 Å². The topological polar surface area (TPSA) is 44.0 Å². The van der Waals surface area contributed by atoms with Crippen molar-refractivity contribution in [1.82, 2.24) is 0 Å². The Kier molecular flexibility index (Phi) is 2.35. The minimum atomic E-state index is 0.222. The van der Waals surface area contributed by atoms with Crippen molar-refractivity contribution in [2.45, 2.75) is 20.3 Å². The molecule has 0 bridgehead atoms. The number of hydrogen-bond donors (Lipinski definition) is 1. The highest BCUT2D eigenvalue weighted by molar-refractivity contribution is 5.41. The lowest BCUT2D eigenvalue weighted by molar-refractivity contribution is 0.469. The molecule has 1 aromatic carbocycles. The van der Waals surface area contributed by atoms with Crippen molar-refractivity contribution in [1.29, 1.82) is 5.26 Å². The Morgan fingerprint density at radius 3 is 2.50 bits per heavy atom. The van der Waals surface area contributed by atoms with Crippen LogP contribution in [0.15, 0.2) is 12.1 Å². The lowest BCUT2D eigenvalue weighted by atomic mass is 10.0. The summed E-state index contributed by atoms with van der Waals surface area (Å²) in [4.78, 5) is 0. The first kappa shape index (κ1) is 8.61. The molecule has 0 aliphatic carbocycles. The normalized spacial score (nSPS) is 9.42. The second kappa shape index (κ2) is 3.27. The Labute approximate surface area is 72.1 Å². The van der Waals surface area contributed by atoms with E-state index >= 15 is 0 Å². The first-order valence-electron chi connectivity index (χ1n) is 3.81. The zero-order valence-corrected chi connectivity index (χ0v) is 7.26. The molecule has 0 spiro atoms. The maximum absolute atomic E-state index is 9.40. The van der Waals surface area contributed by atoms with E-state index in [1.807, 2.05) is 26.0 Å². The first-order valence-corrected chi connectivity index (χ1v) is 3.81. The van der Waals surface area contributed by atoms with Gasteiger partial charge in [0.05, 0.1) is 12.5 Å². The van der Waals surface area contributed by atoms with Crippen LogP contribution < -0.4 is 0 Å². The van der Waals surface area contributed by atoms with Gasteiger partial charge in [-0.05, 0) is 31.0 Å². The van der Waals surface area contributed by atoms with E-state index in [0.29, 0.717) is 5.56 Å². The lowest BCUT2D eigenvalue weighted by Gasteiger charge is -2.04. The Bertz CT molecular complexity index is 336. The SMILES string of the molecule is Cc1cc(O)c(CC#N)cc1C. The second-order valence-corrected chi connectivity index (χ2v) is 2.90. The summed E-state index contributed by atoms with van der Waals surface area (Å²) < 4.78 is 0. The largest absolute Gasteiger partial charge is 0.508 e. The Morgan fingerprint density at radius 1 is 1.33 bits per heavy atom. The van der Waals surface area contributed by atoms with Crippen LogP contribution in [0.1, 0.15) is 16.7 Å². The minimum absolute atomic E-state index is 0.222. The van der Waals surface area contributed by atoms with Crippen molar-refractivity contribution in [2.24, 2.45) is 0 Å². The van der Waals surface area contributed by atoms with Crippen LogP contribution in [0.2, 0.25) is 0 Å². The van der Waals surface area contributed by atoms with Crippen molar-refractivity contribution in [3.63, 3.8) is 0 Å². The number of phenols is 1. The van der Waals surface area contributed by atoms with Crippen LogP contribution in [-0.4, -0.2) is 5.11 Å². The van der Waals surface area contributed by atoms with E-state index in [1.165, 1.54) is 0 Å². The van der Waals surface area contributed by atoms with Gasteiger partial charge in [-0.25, -0.2) is 0 Å². The van der Waals surface area contributed by atoms with Gasteiger partial charge in [0.2, 0.25) is 0 Å². The number of phenolic OH excluding ortho intramolecular Hbond substituents is 1. The highest BCUT2D eigenvalue weighted by Crippen LogP contribution is 2.21. The number of hydrogen-bond acceptors (Lipinski definition) is 2. The fourth-order valence-corrected chi connectivity index (χ4v) is 1.09. The average molecular weight is 161 g/mol. The zero-order chi connectivity index (χ0) is 9.14. The summed E-state index contributed by atoms with van der Waals surface area (Å²) in [5.41, 5.74) is 2.87. The molecule has 0 atom stereocenters. The molecular weight excluding hydrogens is 150 g/mol. The number of aryl methyl sites for hydroxylation is 2. The average Bonchev–Trinajstić information content (AvgIpc) is 2.01. The lowest BCUT2D eigenvalue weighted by Crippen LogP contribution is -1.87. The van der Waals surface area contributed by atoms with E-state index < -0.39 is 0 Å². The highest BCUT2D eigenvalue weighted by atomic mass is 16.3. The van der Waals surface area contributed by atoms with E-state index in [9.17, 15) is 5.11 Å². The third kappa shape index (κ3) is 1.57. The molecule has 2 nitrogen and oxygen atoms in total. The van der Waals surface area contributed by atoms with Gasteiger partial charge in [-0.15, -0.1) is 0 Å². The van der Waals surface area contributed by atoms with E-state index in [1.54, 1.807) is 6.07 Å². The summed E-state index contributed by atoms with van der Waals surface area (Å²) in [7, 11) is 0. The highest BCUT2D eigenvalue weighted by Gasteiger charge is 2.02. The Hall–Kier alpha value is -1.49. The van der Waals surface area contributed by atoms with Gasteiger partial charge in [0.1, 0.15) is 5.75 Å². The number of aromatic hydroxyl groups is 1. The van der Waals surface area contributed by atoms with Crippen LogP contribution in [0.3, 0.4) is 0 Å². The molecule has 1 N–H and O–H groups in total. The second-order valence-electron chi connectivity index (χ2n) is 2.90. The van der Waals surface area contributed by atoms with Crippen LogP contribution in [0.25, 0.3) is 0 Å². The molecule has 1 aromatic rings. The van der Waals surface area contributed by atoms with Gasteiger partial charge >= 0.3 is 0 Å². The van der Waals surface area contributed by atoms with Gasteiger partial charge in [0.15, 0.2) is 0 Å². The molecule has 0 aliphatic rings. The molecule has 0 radical (unpaired) electrons. The molecular formula is C10H11NO. The molecule has 0 aliphatic heterocycles. The summed E-state index contributed by atoms with van der Waals surface area (Å²) in [6.45, 7) is 3.90. The molecule has 0 saturated carbocycles. The third-order valence-corrected chi connectivity index (χ3v) is 1.96. The van der Waals surface area contributed by atoms with Gasteiger partial charge < -0.3 is 5.11 Å². The summed E-state index contributed by atoms with van der Waals surface area (Å²) >= 11 is 0. The molecule has 12 heavy (non-hydrogen) atoms. The van der Waals surface area contributed by atoms with Gasteiger partial charge in [-0.1, -0.05) is 6.07 Å².